The van der Waals surface area contributed by atoms with Crippen LogP contribution in [0.4, 0.5) is 0 Å². The molecule has 4 nitrogen and oxygen atoms in total. The first kappa shape index (κ1) is 11.5. The molecule has 1 aliphatic rings. The largest absolute Gasteiger partial charge is 0.480 e. The second-order valence-electron chi connectivity index (χ2n) is 4.89. The van der Waals surface area contributed by atoms with Crippen molar-refractivity contribution in [3.63, 3.8) is 0 Å². The van der Waals surface area contributed by atoms with Gasteiger partial charge < -0.3 is 10.4 Å². The van der Waals surface area contributed by atoms with E-state index in [1.807, 2.05) is 20.8 Å². The Morgan fingerprint density at radius 1 is 1.36 bits per heavy atom. The lowest BCUT2D eigenvalue weighted by Crippen LogP contribution is -2.55. The Morgan fingerprint density at radius 3 is 2.21 bits per heavy atom. The van der Waals surface area contributed by atoms with Gasteiger partial charge in [-0.25, -0.2) is 0 Å². The van der Waals surface area contributed by atoms with Crippen molar-refractivity contribution in [3.05, 3.63) is 0 Å². The Balaban J connectivity index is 2.71. The van der Waals surface area contributed by atoms with E-state index in [1.54, 1.807) is 0 Å². The molecule has 0 bridgehead atoms. The van der Waals surface area contributed by atoms with E-state index in [0.29, 0.717) is 0 Å². The molecule has 1 aliphatic heterocycles. The summed E-state index contributed by atoms with van der Waals surface area (Å²) in [6.45, 7) is 9.37. The Hall–Kier alpha value is -0.610. The fourth-order valence-corrected chi connectivity index (χ4v) is 2.01. The van der Waals surface area contributed by atoms with Crippen molar-refractivity contribution < 1.29 is 9.90 Å². The molecule has 0 amide bonds. The summed E-state index contributed by atoms with van der Waals surface area (Å²) >= 11 is 0. The van der Waals surface area contributed by atoms with E-state index in [2.05, 4.69) is 10.2 Å². The minimum atomic E-state index is -0.709. The number of nitrogens with zero attached hydrogens (tertiary/aromatic N) is 1. The van der Waals surface area contributed by atoms with Crippen molar-refractivity contribution in [2.24, 2.45) is 5.41 Å². The van der Waals surface area contributed by atoms with Gasteiger partial charge in [-0.2, -0.15) is 0 Å². The normalized spacial score (nSPS) is 21.9. The molecule has 0 aromatic rings. The zero-order valence-electron chi connectivity index (χ0n) is 9.21. The maximum Gasteiger partial charge on any atom is 0.321 e. The molecule has 1 atom stereocenters. The zero-order valence-corrected chi connectivity index (χ0v) is 9.21. The lowest BCUT2D eigenvalue weighted by molar-refractivity contribution is -0.148. The third-order valence-electron chi connectivity index (χ3n) is 2.57. The third kappa shape index (κ3) is 2.69. The lowest BCUT2D eigenvalue weighted by Gasteiger charge is -2.39. The highest BCUT2D eigenvalue weighted by Gasteiger charge is 2.36. The molecule has 0 radical (unpaired) electrons. The summed E-state index contributed by atoms with van der Waals surface area (Å²) in [4.78, 5) is 13.2. The fourth-order valence-electron chi connectivity index (χ4n) is 2.01. The minimum absolute atomic E-state index is 0.205. The SMILES string of the molecule is CC(C)(C)[C@@H](C(=O)O)N1CCNCC1. The van der Waals surface area contributed by atoms with Gasteiger partial charge in [0.2, 0.25) is 0 Å². The Morgan fingerprint density at radius 2 is 1.86 bits per heavy atom. The lowest BCUT2D eigenvalue weighted by atomic mass is 9.85. The van der Waals surface area contributed by atoms with Crippen LogP contribution in [0.2, 0.25) is 0 Å². The monoisotopic (exact) mass is 200 g/mol. The number of hydrogen-bond acceptors (Lipinski definition) is 3. The number of carbonyl (C=O) groups is 1. The summed E-state index contributed by atoms with van der Waals surface area (Å²) in [5.41, 5.74) is -0.205. The summed E-state index contributed by atoms with van der Waals surface area (Å²) in [7, 11) is 0. The highest BCUT2D eigenvalue weighted by atomic mass is 16.4. The van der Waals surface area contributed by atoms with Crippen LogP contribution in [-0.4, -0.2) is 48.2 Å². The molecule has 82 valence electrons. The molecule has 1 heterocycles. The van der Waals surface area contributed by atoms with Crippen molar-refractivity contribution in [3.8, 4) is 0 Å². The van der Waals surface area contributed by atoms with Crippen LogP contribution in [0.1, 0.15) is 20.8 Å². The van der Waals surface area contributed by atoms with Gasteiger partial charge in [0.1, 0.15) is 6.04 Å². The first-order chi connectivity index (χ1) is 6.43. The molecule has 1 fully saturated rings. The number of rotatable bonds is 2. The van der Waals surface area contributed by atoms with Crippen molar-refractivity contribution in [1.82, 2.24) is 10.2 Å². The smallest absolute Gasteiger partial charge is 0.321 e. The first-order valence-corrected chi connectivity index (χ1v) is 5.10. The quantitative estimate of drug-likeness (QED) is 0.677. The molecule has 4 heteroatoms. The van der Waals surface area contributed by atoms with Crippen molar-refractivity contribution in [2.75, 3.05) is 26.2 Å². The van der Waals surface area contributed by atoms with Crippen LogP contribution in [0.3, 0.4) is 0 Å². The molecule has 0 aromatic carbocycles. The fraction of sp³-hybridized carbons (Fsp3) is 0.900. The van der Waals surface area contributed by atoms with Gasteiger partial charge in [0, 0.05) is 26.2 Å². The summed E-state index contributed by atoms with van der Waals surface area (Å²) in [6.07, 6.45) is 0. The molecule has 14 heavy (non-hydrogen) atoms. The van der Waals surface area contributed by atoms with E-state index in [-0.39, 0.29) is 11.5 Å². The highest BCUT2D eigenvalue weighted by molar-refractivity contribution is 5.74. The van der Waals surface area contributed by atoms with Gasteiger partial charge in [0.25, 0.3) is 0 Å². The maximum absolute atomic E-state index is 11.2. The van der Waals surface area contributed by atoms with Crippen LogP contribution in [0.25, 0.3) is 0 Å². The number of carboxylic acids is 1. The summed E-state index contributed by atoms with van der Waals surface area (Å²) in [5.74, 6) is -0.709. The van der Waals surface area contributed by atoms with E-state index < -0.39 is 5.97 Å². The van der Waals surface area contributed by atoms with Gasteiger partial charge in [-0.3, -0.25) is 9.69 Å². The number of nitrogens with one attached hydrogen (secondary N) is 1. The standard InChI is InChI=1S/C10H20N2O2/c1-10(2,3)8(9(13)14)12-6-4-11-5-7-12/h8,11H,4-7H2,1-3H3,(H,13,14)/t8-/m1/s1. The van der Waals surface area contributed by atoms with Gasteiger partial charge in [0.15, 0.2) is 0 Å². The zero-order chi connectivity index (χ0) is 10.8. The van der Waals surface area contributed by atoms with Gasteiger partial charge in [-0.15, -0.1) is 0 Å². The topological polar surface area (TPSA) is 52.6 Å². The van der Waals surface area contributed by atoms with Gasteiger partial charge in [0.05, 0.1) is 0 Å². The molecule has 0 aliphatic carbocycles. The number of piperazine rings is 1. The summed E-state index contributed by atoms with van der Waals surface area (Å²) < 4.78 is 0. The Kier molecular flexibility index (Phi) is 3.50. The van der Waals surface area contributed by atoms with Crippen molar-refractivity contribution in [2.45, 2.75) is 26.8 Å². The van der Waals surface area contributed by atoms with E-state index in [9.17, 15) is 9.90 Å². The first-order valence-electron chi connectivity index (χ1n) is 5.10. The summed E-state index contributed by atoms with van der Waals surface area (Å²) in [6, 6.07) is -0.371. The average Bonchev–Trinajstić information content (AvgIpc) is 2.02. The summed E-state index contributed by atoms with van der Waals surface area (Å²) in [5, 5.41) is 12.4. The number of carboxylic acid groups (broad SMARTS) is 1. The Bertz CT molecular complexity index is 205. The average molecular weight is 200 g/mol. The van der Waals surface area contributed by atoms with Gasteiger partial charge >= 0.3 is 5.97 Å². The van der Waals surface area contributed by atoms with Crippen LogP contribution in [0.15, 0.2) is 0 Å². The minimum Gasteiger partial charge on any atom is -0.480 e. The maximum atomic E-state index is 11.2. The second kappa shape index (κ2) is 4.28. The Labute approximate surface area is 85.3 Å². The molecular weight excluding hydrogens is 180 g/mol. The van der Waals surface area contributed by atoms with Crippen LogP contribution in [-0.2, 0) is 4.79 Å². The molecule has 0 unspecified atom stereocenters. The van der Waals surface area contributed by atoms with E-state index >= 15 is 0 Å². The van der Waals surface area contributed by atoms with Crippen LogP contribution < -0.4 is 5.32 Å². The molecule has 2 N–H and O–H groups in total. The predicted molar refractivity (Wildman–Crippen MR) is 55.3 cm³/mol. The number of aliphatic carboxylic acids is 1. The van der Waals surface area contributed by atoms with Crippen molar-refractivity contribution in [1.29, 1.82) is 0 Å². The van der Waals surface area contributed by atoms with E-state index in [0.717, 1.165) is 26.2 Å². The molecule has 0 saturated carbocycles. The van der Waals surface area contributed by atoms with E-state index in [1.165, 1.54) is 0 Å². The molecular formula is C10H20N2O2. The molecule has 1 rings (SSSR count). The highest BCUT2D eigenvalue weighted by Crippen LogP contribution is 2.24. The van der Waals surface area contributed by atoms with Crippen LogP contribution in [0.5, 0.6) is 0 Å². The molecule has 0 aromatic heterocycles. The second-order valence-corrected chi connectivity index (χ2v) is 4.89. The van der Waals surface area contributed by atoms with Crippen LogP contribution in [0, 0.1) is 5.41 Å². The van der Waals surface area contributed by atoms with Gasteiger partial charge in [-0.05, 0) is 5.41 Å². The molecule has 0 spiro atoms. The predicted octanol–water partition coefficient (Wildman–Crippen LogP) is 0.391. The molecule has 1 saturated heterocycles. The third-order valence-corrected chi connectivity index (χ3v) is 2.57. The van der Waals surface area contributed by atoms with Gasteiger partial charge in [-0.1, -0.05) is 20.8 Å². The number of hydrogen-bond donors (Lipinski definition) is 2. The van der Waals surface area contributed by atoms with Crippen molar-refractivity contribution >= 4 is 5.97 Å². The van der Waals surface area contributed by atoms with E-state index in [4.69, 9.17) is 0 Å². The van der Waals surface area contributed by atoms with Crippen LogP contribution >= 0.6 is 0 Å².